The number of halogens is 1. The van der Waals surface area contributed by atoms with Crippen molar-refractivity contribution in [2.45, 2.75) is 11.8 Å². The first-order valence-electron chi connectivity index (χ1n) is 6.48. The average molecular weight is 353 g/mol. The standard InChI is InChI=1S/C15H13ClN2O4S/c1-10(19)11-5-7-14(8-6-11)23(21,22)18-17-15(20)12-3-2-4-13(16)9-12/h2-9,18H,1H3,(H,17,20). The highest BCUT2D eigenvalue weighted by Crippen LogP contribution is 2.12. The molecule has 0 heterocycles. The molecule has 2 aromatic carbocycles. The molecule has 0 unspecified atom stereocenters. The zero-order valence-electron chi connectivity index (χ0n) is 12.0. The summed E-state index contributed by atoms with van der Waals surface area (Å²) in [7, 11) is -3.94. The van der Waals surface area contributed by atoms with Crippen LogP contribution in [0.5, 0.6) is 0 Å². The Labute approximate surface area is 138 Å². The molecule has 0 saturated heterocycles. The monoisotopic (exact) mass is 352 g/mol. The fourth-order valence-electron chi connectivity index (χ4n) is 1.74. The molecule has 23 heavy (non-hydrogen) atoms. The first-order chi connectivity index (χ1) is 10.8. The van der Waals surface area contributed by atoms with Gasteiger partial charge in [0.05, 0.1) is 4.90 Å². The van der Waals surface area contributed by atoms with Crippen LogP contribution in [-0.2, 0) is 10.0 Å². The molecule has 120 valence electrons. The van der Waals surface area contributed by atoms with E-state index < -0.39 is 15.9 Å². The molecule has 0 aliphatic carbocycles. The van der Waals surface area contributed by atoms with Gasteiger partial charge in [-0.1, -0.05) is 29.8 Å². The summed E-state index contributed by atoms with van der Waals surface area (Å²) in [4.78, 5) is 25.0. The van der Waals surface area contributed by atoms with E-state index in [0.29, 0.717) is 10.6 Å². The van der Waals surface area contributed by atoms with Crippen molar-refractivity contribution in [2.75, 3.05) is 0 Å². The van der Waals surface area contributed by atoms with Gasteiger partial charge in [0.1, 0.15) is 0 Å². The lowest BCUT2D eigenvalue weighted by Gasteiger charge is -2.09. The molecule has 6 nitrogen and oxygen atoms in total. The SMILES string of the molecule is CC(=O)c1ccc(S(=O)(=O)NNC(=O)c2cccc(Cl)c2)cc1. The van der Waals surface area contributed by atoms with E-state index in [1.54, 1.807) is 12.1 Å². The average Bonchev–Trinajstić information content (AvgIpc) is 2.52. The molecule has 2 N–H and O–H groups in total. The highest BCUT2D eigenvalue weighted by atomic mass is 35.5. The minimum absolute atomic E-state index is 0.0751. The number of carbonyl (C=O) groups is 2. The van der Waals surface area contributed by atoms with Crippen molar-refractivity contribution in [3.8, 4) is 0 Å². The fourth-order valence-corrected chi connectivity index (χ4v) is 2.77. The van der Waals surface area contributed by atoms with Crippen molar-refractivity contribution in [1.82, 2.24) is 10.3 Å². The number of hydrogen-bond acceptors (Lipinski definition) is 4. The van der Waals surface area contributed by atoms with E-state index >= 15 is 0 Å². The molecular formula is C15H13ClN2O4S. The molecule has 0 saturated carbocycles. The first-order valence-corrected chi connectivity index (χ1v) is 8.34. The number of amides is 1. The maximum Gasteiger partial charge on any atom is 0.266 e. The van der Waals surface area contributed by atoms with Crippen LogP contribution in [0.4, 0.5) is 0 Å². The van der Waals surface area contributed by atoms with Gasteiger partial charge in [-0.25, -0.2) is 8.42 Å². The highest BCUT2D eigenvalue weighted by molar-refractivity contribution is 7.89. The van der Waals surface area contributed by atoms with Crippen LogP contribution in [0.2, 0.25) is 5.02 Å². The van der Waals surface area contributed by atoms with Gasteiger partial charge in [0.25, 0.3) is 15.9 Å². The topological polar surface area (TPSA) is 92.3 Å². The molecule has 0 spiro atoms. The third-order valence-electron chi connectivity index (χ3n) is 2.96. The van der Waals surface area contributed by atoms with Gasteiger partial charge in [-0.2, -0.15) is 0 Å². The lowest BCUT2D eigenvalue weighted by molar-refractivity contribution is 0.0944. The van der Waals surface area contributed by atoms with E-state index in [1.165, 1.54) is 43.3 Å². The summed E-state index contributed by atoms with van der Waals surface area (Å²) >= 11 is 5.77. The number of carbonyl (C=O) groups excluding carboxylic acids is 2. The number of hydrazine groups is 1. The molecule has 0 aliphatic heterocycles. The van der Waals surface area contributed by atoms with E-state index in [4.69, 9.17) is 11.6 Å². The molecule has 1 amide bonds. The number of nitrogens with one attached hydrogen (secondary N) is 2. The van der Waals surface area contributed by atoms with Gasteiger partial charge >= 0.3 is 0 Å². The van der Waals surface area contributed by atoms with Gasteiger partial charge in [0, 0.05) is 16.1 Å². The van der Waals surface area contributed by atoms with Crippen molar-refractivity contribution < 1.29 is 18.0 Å². The highest BCUT2D eigenvalue weighted by Gasteiger charge is 2.16. The molecule has 0 bridgehead atoms. The van der Waals surface area contributed by atoms with Gasteiger partial charge in [0.2, 0.25) is 0 Å². The molecule has 0 radical (unpaired) electrons. The number of benzene rings is 2. The summed E-state index contributed by atoms with van der Waals surface area (Å²) in [6, 6.07) is 11.4. The second-order valence-corrected chi connectivity index (χ2v) is 6.77. The number of rotatable bonds is 5. The molecule has 2 rings (SSSR count). The zero-order chi connectivity index (χ0) is 17.0. The second-order valence-electron chi connectivity index (χ2n) is 4.65. The summed E-state index contributed by atoms with van der Waals surface area (Å²) in [5.41, 5.74) is 2.71. The molecule has 0 atom stereocenters. The van der Waals surface area contributed by atoms with Crippen LogP contribution < -0.4 is 10.3 Å². The Balaban J connectivity index is 2.09. The van der Waals surface area contributed by atoms with Crippen molar-refractivity contribution in [2.24, 2.45) is 0 Å². The van der Waals surface area contributed by atoms with Crippen LogP contribution in [0.1, 0.15) is 27.6 Å². The van der Waals surface area contributed by atoms with Gasteiger partial charge in [-0.05, 0) is 37.3 Å². The van der Waals surface area contributed by atoms with E-state index in [1.807, 2.05) is 4.83 Å². The van der Waals surface area contributed by atoms with Crippen LogP contribution in [0, 0.1) is 0 Å². The van der Waals surface area contributed by atoms with Gasteiger partial charge < -0.3 is 0 Å². The van der Waals surface area contributed by atoms with E-state index in [0.717, 1.165) is 0 Å². The lowest BCUT2D eigenvalue weighted by atomic mass is 10.2. The van der Waals surface area contributed by atoms with Crippen LogP contribution in [0.3, 0.4) is 0 Å². The zero-order valence-corrected chi connectivity index (χ0v) is 13.6. The Bertz CT molecular complexity index is 848. The second kappa shape index (κ2) is 6.91. The van der Waals surface area contributed by atoms with Crippen molar-refractivity contribution in [1.29, 1.82) is 0 Å². The normalized spacial score (nSPS) is 11.0. The van der Waals surface area contributed by atoms with Crippen molar-refractivity contribution in [3.05, 3.63) is 64.7 Å². The largest absolute Gasteiger partial charge is 0.295 e. The Morgan fingerprint density at radius 1 is 1.00 bits per heavy atom. The number of hydrogen-bond donors (Lipinski definition) is 2. The summed E-state index contributed by atoms with van der Waals surface area (Å²) < 4.78 is 24.2. The smallest absolute Gasteiger partial charge is 0.266 e. The molecular weight excluding hydrogens is 340 g/mol. The minimum Gasteiger partial charge on any atom is -0.295 e. The van der Waals surface area contributed by atoms with E-state index in [2.05, 4.69) is 5.43 Å². The third-order valence-corrected chi connectivity index (χ3v) is 4.46. The number of sulfonamides is 1. The molecule has 0 aliphatic rings. The van der Waals surface area contributed by atoms with Gasteiger partial charge in [0.15, 0.2) is 5.78 Å². The van der Waals surface area contributed by atoms with E-state index in [9.17, 15) is 18.0 Å². The maximum atomic E-state index is 12.1. The Kier molecular flexibility index (Phi) is 5.15. The Morgan fingerprint density at radius 2 is 1.65 bits per heavy atom. The minimum atomic E-state index is -3.94. The molecule has 2 aromatic rings. The molecule has 0 aromatic heterocycles. The van der Waals surface area contributed by atoms with E-state index in [-0.39, 0.29) is 16.2 Å². The summed E-state index contributed by atoms with van der Waals surface area (Å²) in [6.45, 7) is 1.38. The maximum absolute atomic E-state index is 12.1. The van der Waals surface area contributed by atoms with Crippen LogP contribution in [0.15, 0.2) is 53.4 Å². The van der Waals surface area contributed by atoms with Crippen LogP contribution in [0.25, 0.3) is 0 Å². The van der Waals surface area contributed by atoms with Gasteiger partial charge in [-0.3, -0.25) is 15.0 Å². The van der Waals surface area contributed by atoms with Crippen LogP contribution in [-0.4, -0.2) is 20.1 Å². The first kappa shape index (κ1) is 17.1. The quantitative estimate of drug-likeness (QED) is 0.637. The summed E-state index contributed by atoms with van der Waals surface area (Å²) in [6.07, 6.45) is 0. The Morgan fingerprint density at radius 3 is 2.22 bits per heavy atom. The van der Waals surface area contributed by atoms with Crippen LogP contribution >= 0.6 is 11.6 Å². The van der Waals surface area contributed by atoms with Gasteiger partial charge in [-0.15, -0.1) is 4.83 Å². The van der Waals surface area contributed by atoms with Crippen molar-refractivity contribution >= 4 is 33.3 Å². The lowest BCUT2D eigenvalue weighted by Crippen LogP contribution is -2.41. The number of ketones is 1. The fraction of sp³-hybridized carbons (Fsp3) is 0.0667. The molecule has 8 heteroatoms. The van der Waals surface area contributed by atoms with Crippen molar-refractivity contribution in [3.63, 3.8) is 0 Å². The Hall–Kier alpha value is -2.22. The molecule has 0 fully saturated rings. The third kappa shape index (κ3) is 4.38. The predicted molar refractivity (Wildman–Crippen MR) is 85.7 cm³/mol. The summed E-state index contributed by atoms with van der Waals surface area (Å²) in [5.74, 6) is -0.812. The predicted octanol–water partition coefficient (Wildman–Crippen LogP) is 2.17. The summed E-state index contributed by atoms with van der Waals surface area (Å²) in [5, 5.41) is 0.361. The number of Topliss-reactive ketones (excluding diaryl/α,β-unsaturated/α-hetero) is 1.